The van der Waals surface area contributed by atoms with Crippen molar-refractivity contribution in [2.45, 2.75) is 45.6 Å². The number of Topliss-reactive ketones (excluding diaryl/α,β-unsaturated/α-hetero) is 1. The maximum Gasteiger partial charge on any atom is 0.249 e. The molecule has 0 aliphatic carbocycles. The van der Waals surface area contributed by atoms with Crippen LogP contribution in [0.5, 0.6) is 5.75 Å². The lowest BCUT2D eigenvalue weighted by Gasteiger charge is -2.36. The van der Waals surface area contributed by atoms with Gasteiger partial charge < -0.3 is 9.15 Å². The highest BCUT2D eigenvalue weighted by molar-refractivity contribution is 6.01. The van der Waals surface area contributed by atoms with Crippen LogP contribution in [0.4, 0.5) is 0 Å². The summed E-state index contributed by atoms with van der Waals surface area (Å²) in [5.41, 5.74) is 2.48. The van der Waals surface area contributed by atoms with Crippen LogP contribution in [0, 0.1) is 6.92 Å². The Bertz CT molecular complexity index is 1010. The number of hydrogen-bond donors (Lipinski definition) is 0. The van der Waals surface area contributed by atoms with E-state index in [-0.39, 0.29) is 5.78 Å². The zero-order valence-electron chi connectivity index (χ0n) is 15.7. The third-order valence-electron chi connectivity index (χ3n) is 5.29. The average molecular weight is 363 g/mol. The van der Waals surface area contributed by atoms with E-state index < -0.39 is 5.60 Å². The molecule has 3 aromatic rings. The summed E-state index contributed by atoms with van der Waals surface area (Å²) < 4.78 is 12.0. The molecule has 1 aromatic carbocycles. The molecule has 0 spiro atoms. The highest BCUT2D eigenvalue weighted by atomic mass is 16.5. The fraction of sp³-hybridized carbons (Fsp3) is 0.333. The van der Waals surface area contributed by atoms with Crippen molar-refractivity contribution in [3.63, 3.8) is 0 Å². The van der Waals surface area contributed by atoms with Crippen LogP contribution in [-0.2, 0) is 0 Å². The van der Waals surface area contributed by atoms with E-state index >= 15 is 0 Å². The zero-order chi connectivity index (χ0) is 19.0. The largest absolute Gasteiger partial charge is 0.486 e. The van der Waals surface area contributed by atoms with Gasteiger partial charge in [0.25, 0.3) is 0 Å². The zero-order valence-corrected chi connectivity index (χ0v) is 15.7. The number of benzene rings is 1. The first-order chi connectivity index (χ1) is 13.0. The van der Waals surface area contributed by atoms with Gasteiger partial charge in [0.15, 0.2) is 5.78 Å². The lowest BCUT2D eigenvalue weighted by Crippen LogP contribution is -2.40. The summed E-state index contributed by atoms with van der Waals surface area (Å²) in [6, 6.07) is 9.16. The summed E-state index contributed by atoms with van der Waals surface area (Å²) in [7, 11) is 0. The van der Waals surface area contributed by atoms with E-state index in [4.69, 9.17) is 9.15 Å². The fourth-order valence-electron chi connectivity index (χ4n) is 3.43. The number of hydrogen-bond acceptors (Lipinski definition) is 6. The molecule has 0 bridgehead atoms. The fourth-order valence-corrected chi connectivity index (χ4v) is 3.43. The van der Waals surface area contributed by atoms with Crippen molar-refractivity contribution in [1.29, 1.82) is 0 Å². The van der Waals surface area contributed by atoms with Crippen LogP contribution in [0.25, 0.3) is 22.9 Å². The summed E-state index contributed by atoms with van der Waals surface area (Å²) in [6.45, 7) is 5.99. The summed E-state index contributed by atoms with van der Waals surface area (Å²) in [5, 5.41) is 8.27. The van der Waals surface area contributed by atoms with E-state index in [9.17, 15) is 4.79 Å². The van der Waals surface area contributed by atoms with Crippen LogP contribution >= 0.6 is 0 Å². The van der Waals surface area contributed by atoms with E-state index in [1.807, 2.05) is 31.2 Å². The predicted molar refractivity (Wildman–Crippen MR) is 101 cm³/mol. The average Bonchev–Trinajstić information content (AvgIpc) is 3.18. The molecule has 0 N–H and O–H groups in total. The summed E-state index contributed by atoms with van der Waals surface area (Å²) in [4.78, 5) is 17.0. The monoisotopic (exact) mass is 363 g/mol. The minimum Gasteiger partial charge on any atom is -0.486 e. The second kappa shape index (κ2) is 6.61. The SMILES string of the molecule is CCC1(CC)CC(=O)c2cc(-c3nnc(-c4cccnc4C)o3)ccc2O1. The molecule has 0 atom stereocenters. The van der Waals surface area contributed by atoms with Gasteiger partial charge in [-0.3, -0.25) is 9.78 Å². The Hall–Kier alpha value is -3.02. The van der Waals surface area contributed by atoms with Crippen molar-refractivity contribution < 1.29 is 13.9 Å². The first-order valence-corrected chi connectivity index (χ1v) is 9.17. The molecule has 4 rings (SSSR count). The van der Waals surface area contributed by atoms with Crippen molar-refractivity contribution in [2.75, 3.05) is 0 Å². The van der Waals surface area contributed by atoms with Crippen molar-refractivity contribution in [2.24, 2.45) is 0 Å². The maximum absolute atomic E-state index is 12.7. The molecule has 27 heavy (non-hydrogen) atoms. The highest BCUT2D eigenvalue weighted by Crippen LogP contribution is 2.39. The second-order valence-electron chi connectivity index (χ2n) is 6.85. The van der Waals surface area contributed by atoms with Crippen LogP contribution in [0.1, 0.15) is 49.2 Å². The first-order valence-electron chi connectivity index (χ1n) is 9.17. The quantitative estimate of drug-likeness (QED) is 0.672. The molecular weight excluding hydrogens is 342 g/mol. The molecule has 0 unspecified atom stereocenters. The smallest absolute Gasteiger partial charge is 0.249 e. The van der Waals surface area contributed by atoms with Gasteiger partial charge in [-0.25, -0.2) is 0 Å². The molecule has 6 nitrogen and oxygen atoms in total. The molecule has 6 heteroatoms. The molecule has 1 aliphatic rings. The number of carbonyl (C=O) groups excluding carboxylic acids is 1. The van der Waals surface area contributed by atoms with Gasteiger partial charge in [-0.1, -0.05) is 13.8 Å². The number of ketones is 1. The summed E-state index contributed by atoms with van der Waals surface area (Å²) in [6.07, 6.45) is 3.71. The number of aromatic nitrogens is 3. The van der Waals surface area contributed by atoms with Gasteiger partial charge >= 0.3 is 0 Å². The molecule has 1 aliphatic heterocycles. The molecule has 0 amide bonds. The van der Waals surface area contributed by atoms with Crippen LogP contribution in [0.2, 0.25) is 0 Å². The first kappa shape index (κ1) is 17.4. The van der Waals surface area contributed by atoms with Crippen molar-refractivity contribution in [1.82, 2.24) is 15.2 Å². The summed E-state index contributed by atoms with van der Waals surface area (Å²) in [5.74, 6) is 1.49. The number of ether oxygens (including phenoxy) is 1. The molecule has 0 radical (unpaired) electrons. The lowest BCUT2D eigenvalue weighted by atomic mass is 9.85. The van der Waals surface area contributed by atoms with Crippen molar-refractivity contribution in [3.05, 3.63) is 47.8 Å². The predicted octanol–water partition coefficient (Wildman–Crippen LogP) is 4.63. The summed E-state index contributed by atoms with van der Waals surface area (Å²) >= 11 is 0. The molecule has 138 valence electrons. The number of rotatable bonds is 4. The van der Waals surface area contributed by atoms with Gasteiger partial charge in [0.1, 0.15) is 11.4 Å². The Labute approximate surface area is 157 Å². The topological polar surface area (TPSA) is 78.1 Å². The minimum atomic E-state index is -0.402. The van der Waals surface area contributed by atoms with Gasteiger partial charge in [-0.2, -0.15) is 0 Å². The van der Waals surface area contributed by atoms with Crippen molar-refractivity contribution in [3.8, 4) is 28.7 Å². The highest BCUT2D eigenvalue weighted by Gasteiger charge is 2.37. The Morgan fingerprint density at radius 1 is 1.07 bits per heavy atom. The standard InChI is InChI=1S/C21H21N3O3/c1-4-21(5-2)12-17(25)16-11-14(8-9-18(16)27-21)19-23-24-20(26-19)15-7-6-10-22-13(15)3/h6-11H,4-5,12H2,1-3H3. The number of fused-ring (bicyclic) bond motifs is 1. The Morgan fingerprint density at radius 3 is 2.59 bits per heavy atom. The number of aryl methyl sites for hydroxylation is 1. The van der Waals surface area contributed by atoms with Crippen LogP contribution < -0.4 is 4.74 Å². The Kier molecular flexibility index (Phi) is 4.26. The number of carbonyl (C=O) groups is 1. The molecule has 0 saturated heterocycles. The van der Waals surface area contributed by atoms with Crippen LogP contribution in [-0.4, -0.2) is 26.6 Å². The third kappa shape index (κ3) is 3.01. The van der Waals surface area contributed by atoms with Gasteiger partial charge in [0.05, 0.1) is 17.5 Å². The van der Waals surface area contributed by atoms with Crippen LogP contribution in [0.3, 0.4) is 0 Å². The molecule has 0 fully saturated rings. The van der Waals surface area contributed by atoms with Crippen LogP contribution in [0.15, 0.2) is 40.9 Å². The van der Waals surface area contributed by atoms with E-state index in [2.05, 4.69) is 29.0 Å². The van der Waals surface area contributed by atoms with E-state index in [0.717, 1.165) is 24.1 Å². The third-order valence-corrected chi connectivity index (χ3v) is 5.29. The Morgan fingerprint density at radius 2 is 1.85 bits per heavy atom. The van der Waals surface area contributed by atoms with Gasteiger partial charge in [0.2, 0.25) is 11.8 Å². The number of nitrogens with zero attached hydrogens (tertiary/aromatic N) is 3. The van der Waals surface area contributed by atoms with Gasteiger partial charge in [-0.15, -0.1) is 10.2 Å². The molecular formula is C21H21N3O3. The Balaban J connectivity index is 1.69. The van der Waals surface area contributed by atoms with E-state index in [1.165, 1.54) is 0 Å². The molecule has 2 aromatic heterocycles. The normalized spacial score (nSPS) is 15.3. The van der Waals surface area contributed by atoms with E-state index in [1.54, 1.807) is 12.3 Å². The molecule has 3 heterocycles. The number of pyridine rings is 1. The second-order valence-corrected chi connectivity index (χ2v) is 6.85. The van der Waals surface area contributed by atoms with E-state index in [0.29, 0.717) is 35.1 Å². The maximum atomic E-state index is 12.7. The van der Waals surface area contributed by atoms with Gasteiger partial charge in [-0.05, 0) is 50.1 Å². The lowest BCUT2D eigenvalue weighted by molar-refractivity contribution is 0.0350. The molecule has 0 saturated carbocycles. The van der Waals surface area contributed by atoms with Gasteiger partial charge in [0, 0.05) is 17.5 Å². The minimum absolute atomic E-state index is 0.0876. The van der Waals surface area contributed by atoms with Crippen molar-refractivity contribution >= 4 is 5.78 Å².